The van der Waals surface area contributed by atoms with Crippen LogP contribution in [0.25, 0.3) is 0 Å². The fraction of sp³-hybridized carbons (Fsp3) is 0.333. The third-order valence-corrected chi connectivity index (χ3v) is 1.74. The van der Waals surface area contributed by atoms with Crippen molar-refractivity contribution >= 4 is 23.6 Å². The number of rotatable bonds is 5. The van der Waals surface area contributed by atoms with Crippen LogP contribution < -0.4 is 11.1 Å². The van der Waals surface area contributed by atoms with Gasteiger partial charge in [-0.05, 0) is 12.5 Å². The molecule has 7 nitrogen and oxygen atoms in total. The highest BCUT2D eigenvalue weighted by atomic mass is 16.4. The van der Waals surface area contributed by atoms with E-state index in [0.29, 0.717) is 12.2 Å². The normalized spacial score (nSPS) is 9.75. The number of carboxylic acids is 1. The number of aromatic nitrogens is 2. The predicted molar refractivity (Wildman–Crippen MR) is 56.6 cm³/mol. The van der Waals surface area contributed by atoms with Crippen molar-refractivity contribution in [3.05, 3.63) is 12.3 Å². The molecule has 0 radical (unpaired) electrons. The lowest BCUT2D eigenvalue weighted by molar-refractivity contribution is -0.137. The summed E-state index contributed by atoms with van der Waals surface area (Å²) in [4.78, 5) is 29.0. The number of carbonyl (C=O) groups excluding carboxylic acids is 1. The van der Waals surface area contributed by atoms with E-state index in [-0.39, 0.29) is 24.7 Å². The van der Waals surface area contributed by atoms with Crippen LogP contribution in [0.4, 0.5) is 11.8 Å². The molecule has 0 bridgehead atoms. The molecule has 1 aromatic rings. The van der Waals surface area contributed by atoms with Gasteiger partial charge in [-0.25, -0.2) is 4.98 Å². The number of nitrogens with one attached hydrogen (secondary N) is 1. The Bertz CT molecular complexity index is 394. The van der Waals surface area contributed by atoms with Crippen LogP contribution in [-0.2, 0) is 9.59 Å². The van der Waals surface area contributed by atoms with Crippen molar-refractivity contribution in [3.8, 4) is 0 Å². The highest BCUT2D eigenvalue weighted by Gasteiger charge is 2.05. The van der Waals surface area contributed by atoms with E-state index in [1.807, 2.05) is 0 Å². The average molecular weight is 224 g/mol. The van der Waals surface area contributed by atoms with Crippen molar-refractivity contribution in [3.63, 3.8) is 0 Å². The quantitative estimate of drug-likeness (QED) is 0.659. The Morgan fingerprint density at radius 1 is 1.44 bits per heavy atom. The summed E-state index contributed by atoms with van der Waals surface area (Å²) in [5.74, 6) is -0.824. The molecule has 0 aliphatic heterocycles. The second-order valence-corrected chi connectivity index (χ2v) is 3.10. The number of nitrogens with zero attached hydrogens (tertiary/aromatic N) is 2. The fourth-order valence-corrected chi connectivity index (χ4v) is 1.05. The van der Waals surface area contributed by atoms with Crippen LogP contribution >= 0.6 is 0 Å². The molecule has 1 amide bonds. The van der Waals surface area contributed by atoms with E-state index in [2.05, 4.69) is 15.3 Å². The van der Waals surface area contributed by atoms with Crippen LogP contribution in [0, 0.1) is 0 Å². The van der Waals surface area contributed by atoms with E-state index in [1.54, 1.807) is 0 Å². The molecule has 0 atom stereocenters. The van der Waals surface area contributed by atoms with Crippen LogP contribution in [0.3, 0.4) is 0 Å². The average Bonchev–Trinajstić information content (AvgIpc) is 2.16. The highest BCUT2D eigenvalue weighted by Crippen LogP contribution is 2.04. The zero-order valence-corrected chi connectivity index (χ0v) is 8.51. The summed E-state index contributed by atoms with van der Waals surface area (Å²) in [5.41, 5.74) is 5.32. The van der Waals surface area contributed by atoms with Crippen LogP contribution in [0.1, 0.15) is 19.3 Å². The van der Waals surface area contributed by atoms with Crippen molar-refractivity contribution in [2.75, 3.05) is 11.1 Å². The Kier molecular flexibility index (Phi) is 4.19. The molecule has 16 heavy (non-hydrogen) atoms. The smallest absolute Gasteiger partial charge is 0.303 e. The minimum Gasteiger partial charge on any atom is -0.481 e. The lowest BCUT2D eigenvalue weighted by Gasteiger charge is -2.03. The summed E-state index contributed by atoms with van der Waals surface area (Å²) < 4.78 is 0. The zero-order valence-electron chi connectivity index (χ0n) is 8.51. The number of aliphatic carboxylic acids is 1. The lowest BCUT2D eigenvalue weighted by atomic mass is 10.2. The minimum atomic E-state index is -0.918. The first-order chi connectivity index (χ1) is 7.58. The van der Waals surface area contributed by atoms with E-state index in [4.69, 9.17) is 10.8 Å². The van der Waals surface area contributed by atoms with E-state index < -0.39 is 5.97 Å². The van der Waals surface area contributed by atoms with E-state index in [1.165, 1.54) is 12.3 Å². The van der Waals surface area contributed by atoms with E-state index >= 15 is 0 Å². The molecular weight excluding hydrogens is 212 g/mol. The number of nitrogens with two attached hydrogens (primary N) is 1. The molecule has 0 spiro atoms. The minimum absolute atomic E-state index is 0.0284. The van der Waals surface area contributed by atoms with E-state index in [0.717, 1.165) is 0 Å². The van der Waals surface area contributed by atoms with Crippen LogP contribution in [-0.4, -0.2) is 27.0 Å². The molecule has 0 aliphatic carbocycles. The molecule has 1 aromatic heterocycles. The largest absolute Gasteiger partial charge is 0.481 e. The third kappa shape index (κ3) is 4.36. The number of amides is 1. The van der Waals surface area contributed by atoms with Gasteiger partial charge >= 0.3 is 5.97 Å². The maximum atomic E-state index is 11.3. The van der Waals surface area contributed by atoms with Crippen molar-refractivity contribution in [2.45, 2.75) is 19.3 Å². The molecule has 0 aliphatic rings. The zero-order chi connectivity index (χ0) is 12.0. The van der Waals surface area contributed by atoms with Gasteiger partial charge < -0.3 is 16.2 Å². The summed E-state index contributed by atoms with van der Waals surface area (Å²) in [6.45, 7) is 0. The Morgan fingerprint density at radius 2 is 2.19 bits per heavy atom. The second kappa shape index (κ2) is 5.64. The summed E-state index contributed by atoms with van der Waals surface area (Å²) >= 11 is 0. The van der Waals surface area contributed by atoms with Gasteiger partial charge in [0.05, 0.1) is 0 Å². The van der Waals surface area contributed by atoms with Crippen molar-refractivity contribution in [1.82, 2.24) is 9.97 Å². The van der Waals surface area contributed by atoms with Gasteiger partial charge in [0.2, 0.25) is 11.9 Å². The van der Waals surface area contributed by atoms with Gasteiger partial charge in [-0.2, -0.15) is 4.98 Å². The molecule has 0 fully saturated rings. The molecule has 0 saturated carbocycles. The number of nitrogen functional groups attached to an aromatic ring is 1. The topological polar surface area (TPSA) is 118 Å². The third-order valence-electron chi connectivity index (χ3n) is 1.74. The molecule has 0 saturated heterocycles. The Labute approximate surface area is 91.7 Å². The Balaban J connectivity index is 2.37. The van der Waals surface area contributed by atoms with Gasteiger partial charge in [-0.1, -0.05) is 0 Å². The Hall–Kier alpha value is -2.18. The maximum Gasteiger partial charge on any atom is 0.303 e. The van der Waals surface area contributed by atoms with Gasteiger partial charge in [0.1, 0.15) is 5.82 Å². The maximum absolute atomic E-state index is 11.3. The summed E-state index contributed by atoms with van der Waals surface area (Å²) in [7, 11) is 0. The number of carboxylic acid groups (broad SMARTS) is 1. The first kappa shape index (κ1) is 11.9. The second-order valence-electron chi connectivity index (χ2n) is 3.10. The van der Waals surface area contributed by atoms with Gasteiger partial charge in [-0.15, -0.1) is 0 Å². The fourth-order valence-electron chi connectivity index (χ4n) is 1.05. The molecule has 1 rings (SSSR count). The summed E-state index contributed by atoms with van der Waals surface area (Å²) in [6, 6.07) is 1.51. The van der Waals surface area contributed by atoms with Crippen molar-refractivity contribution < 1.29 is 14.7 Å². The van der Waals surface area contributed by atoms with Gasteiger partial charge in [0.25, 0.3) is 0 Å². The summed E-state index contributed by atoms with van der Waals surface area (Å²) in [6.07, 6.45) is 1.83. The lowest BCUT2D eigenvalue weighted by Crippen LogP contribution is -2.13. The monoisotopic (exact) mass is 224 g/mol. The SMILES string of the molecule is Nc1nccc(NC(=O)CCCC(=O)O)n1. The molecule has 0 unspecified atom stereocenters. The predicted octanol–water partition coefficient (Wildman–Crippen LogP) is 0.252. The first-order valence-corrected chi connectivity index (χ1v) is 4.68. The standard InChI is InChI=1S/C9H12N4O3/c10-9-11-5-4-6(13-9)12-7(14)2-1-3-8(15)16/h4-5H,1-3H2,(H,15,16)(H3,10,11,12,13,14). The molecule has 4 N–H and O–H groups in total. The molecule has 86 valence electrons. The molecule has 7 heteroatoms. The Morgan fingerprint density at radius 3 is 2.81 bits per heavy atom. The first-order valence-electron chi connectivity index (χ1n) is 4.68. The molecular formula is C9H12N4O3. The van der Waals surface area contributed by atoms with Crippen molar-refractivity contribution in [2.24, 2.45) is 0 Å². The van der Waals surface area contributed by atoms with Crippen LogP contribution in [0.5, 0.6) is 0 Å². The molecule has 0 aromatic carbocycles. The van der Waals surface area contributed by atoms with Gasteiger partial charge in [0.15, 0.2) is 0 Å². The number of anilines is 2. The van der Waals surface area contributed by atoms with Crippen molar-refractivity contribution in [1.29, 1.82) is 0 Å². The van der Waals surface area contributed by atoms with Crippen LogP contribution in [0.15, 0.2) is 12.3 Å². The highest BCUT2D eigenvalue weighted by molar-refractivity contribution is 5.89. The summed E-state index contributed by atoms with van der Waals surface area (Å²) in [5, 5.41) is 10.9. The number of hydrogen-bond acceptors (Lipinski definition) is 5. The number of hydrogen-bond donors (Lipinski definition) is 3. The van der Waals surface area contributed by atoms with Gasteiger partial charge in [-0.3, -0.25) is 9.59 Å². The van der Waals surface area contributed by atoms with Crippen LogP contribution in [0.2, 0.25) is 0 Å². The number of carbonyl (C=O) groups is 2. The molecule has 1 heterocycles. The van der Waals surface area contributed by atoms with E-state index in [9.17, 15) is 9.59 Å². The van der Waals surface area contributed by atoms with Gasteiger partial charge in [0, 0.05) is 19.0 Å².